The third-order valence-corrected chi connectivity index (χ3v) is 3.00. The fraction of sp³-hybridized carbons (Fsp3) is 0.250. The third kappa shape index (κ3) is 2.81. The van der Waals surface area contributed by atoms with Gasteiger partial charge in [0.25, 0.3) is 0 Å². The standard InChI is InChI=1S/C12H10BrFN2O2/c1-2-8(17)6-11-15-12(16-18-11)7-3-4-10(14)9(13)5-7/h3-5H,2,6H2,1H3. The second-order valence-electron chi connectivity index (χ2n) is 3.71. The van der Waals surface area contributed by atoms with Gasteiger partial charge in [0, 0.05) is 12.0 Å². The molecule has 0 aliphatic rings. The number of benzene rings is 1. The van der Waals surface area contributed by atoms with Gasteiger partial charge in [0.2, 0.25) is 11.7 Å². The highest BCUT2D eigenvalue weighted by atomic mass is 79.9. The molecule has 0 saturated carbocycles. The number of carbonyl (C=O) groups is 1. The van der Waals surface area contributed by atoms with E-state index >= 15 is 0 Å². The van der Waals surface area contributed by atoms with Gasteiger partial charge in [0.15, 0.2) is 0 Å². The van der Waals surface area contributed by atoms with Crippen LogP contribution in [0.2, 0.25) is 0 Å². The van der Waals surface area contributed by atoms with Crippen LogP contribution >= 0.6 is 15.9 Å². The maximum Gasteiger partial charge on any atom is 0.234 e. The van der Waals surface area contributed by atoms with Gasteiger partial charge in [-0.05, 0) is 34.1 Å². The van der Waals surface area contributed by atoms with E-state index in [9.17, 15) is 9.18 Å². The van der Waals surface area contributed by atoms with Crippen LogP contribution < -0.4 is 0 Å². The van der Waals surface area contributed by atoms with E-state index in [0.29, 0.717) is 22.3 Å². The first kappa shape index (κ1) is 12.9. The van der Waals surface area contributed by atoms with Gasteiger partial charge in [-0.1, -0.05) is 12.1 Å². The fourth-order valence-corrected chi connectivity index (χ4v) is 1.75. The van der Waals surface area contributed by atoms with Crippen molar-refractivity contribution in [1.29, 1.82) is 0 Å². The monoisotopic (exact) mass is 312 g/mol. The molecule has 0 atom stereocenters. The summed E-state index contributed by atoms with van der Waals surface area (Å²) in [5.74, 6) is 0.293. The first-order valence-electron chi connectivity index (χ1n) is 5.40. The van der Waals surface area contributed by atoms with Crippen LogP contribution in [0.25, 0.3) is 11.4 Å². The summed E-state index contributed by atoms with van der Waals surface area (Å²) >= 11 is 3.09. The number of aromatic nitrogens is 2. The second-order valence-corrected chi connectivity index (χ2v) is 4.56. The molecule has 1 heterocycles. The molecule has 0 fully saturated rings. The maximum absolute atomic E-state index is 13.1. The van der Waals surface area contributed by atoms with E-state index in [1.807, 2.05) is 0 Å². The Kier molecular flexibility index (Phi) is 3.86. The minimum absolute atomic E-state index is 0.0329. The van der Waals surface area contributed by atoms with Crippen molar-refractivity contribution < 1.29 is 13.7 Å². The number of nitrogens with zero attached hydrogens (tertiary/aromatic N) is 2. The van der Waals surface area contributed by atoms with E-state index < -0.39 is 0 Å². The minimum Gasteiger partial charge on any atom is -0.339 e. The first-order valence-corrected chi connectivity index (χ1v) is 6.19. The zero-order valence-corrected chi connectivity index (χ0v) is 11.2. The largest absolute Gasteiger partial charge is 0.339 e. The summed E-state index contributed by atoms with van der Waals surface area (Å²) in [6.07, 6.45) is 0.561. The summed E-state index contributed by atoms with van der Waals surface area (Å²) in [5.41, 5.74) is 0.627. The Morgan fingerprint density at radius 3 is 2.94 bits per heavy atom. The summed E-state index contributed by atoms with van der Waals surface area (Å²) in [5, 5.41) is 3.76. The Bertz CT molecular complexity index is 583. The van der Waals surface area contributed by atoms with Gasteiger partial charge in [-0.2, -0.15) is 4.98 Å². The van der Waals surface area contributed by atoms with Gasteiger partial charge >= 0.3 is 0 Å². The van der Waals surface area contributed by atoms with Gasteiger partial charge in [-0.15, -0.1) is 0 Å². The van der Waals surface area contributed by atoms with Gasteiger partial charge < -0.3 is 4.52 Å². The van der Waals surface area contributed by atoms with E-state index in [2.05, 4.69) is 26.1 Å². The normalized spacial score (nSPS) is 10.6. The summed E-state index contributed by atoms with van der Waals surface area (Å²) in [6.45, 7) is 1.77. The van der Waals surface area contributed by atoms with E-state index in [-0.39, 0.29) is 23.9 Å². The molecular weight excluding hydrogens is 303 g/mol. The topological polar surface area (TPSA) is 56.0 Å². The molecule has 4 nitrogen and oxygen atoms in total. The van der Waals surface area contributed by atoms with Gasteiger partial charge in [-0.3, -0.25) is 4.79 Å². The number of hydrogen-bond donors (Lipinski definition) is 0. The zero-order valence-electron chi connectivity index (χ0n) is 9.61. The van der Waals surface area contributed by atoms with Crippen LogP contribution in [0.15, 0.2) is 27.2 Å². The lowest BCUT2D eigenvalue weighted by molar-refractivity contribution is -0.118. The van der Waals surface area contributed by atoms with Crippen LogP contribution in [0.3, 0.4) is 0 Å². The molecule has 0 aliphatic carbocycles. The molecular formula is C12H10BrFN2O2. The van der Waals surface area contributed by atoms with Crippen LogP contribution in [-0.4, -0.2) is 15.9 Å². The van der Waals surface area contributed by atoms with E-state index in [1.54, 1.807) is 19.1 Å². The lowest BCUT2D eigenvalue weighted by Crippen LogP contribution is -2.00. The van der Waals surface area contributed by atoms with Crippen molar-refractivity contribution in [1.82, 2.24) is 10.1 Å². The number of halogens is 2. The van der Waals surface area contributed by atoms with Gasteiger partial charge in [0.05, 0.1) is 10.9 Å². The average Bonchev–Trinajstić information content (AvgIpc) is 2.81. The van der Waals surface area contributed by atoms with Crippen LogP contribution in [0.1, 0.15) is 19.2 Å². The molecule has 0 amide bonds. The summed E-state index contributed by atoms with van der Waals surface area (Å²) in [7, 11) is 0. The van der Waals surface area contributed by atoms with E-state index in [0.717, 1.165) is 0 Å². The highest BCUT2D eigenvalue weighted by Gasteiger charge is 2.12. The molecule has 2 rings (SSSR count). The summed E-state index contributed by atoms with van der Waals surface area (Å²) < 4.78 is 18.4. The average molecular weight is 313 g/mol. The molecule has 0 bridgehead atoms. The minimum atomic E-state index is -0.358. The smallest absolute Gasteiger partial charge is 0.234 e. The molecule has 0 saturated heterocycles. The second kappa shape index (κ2) is 5.39. The van der Waals surface area contributed by atoms with Crippen molar-refractivity contribution in [2.45, 2.75) is 19.8 Å². The molecule has 0 spiro atoms. The van der Waals surface area contributed by atoms with Crippen LogP contribution in [0.5, 0.6) is 0 Å². The fourth-order valence-electron chi connectivity index (χ4n) is 1.37. The van der Waals surface area contributed by atoms with Crippen molar-refractivity contribution >= 4 is 21.7 Å². The molecule has 0 radical (unpaired) electrons. The molecule has 1 aromatic carbocycles. The molecule has 1 aromatic heterocycles. The molecule has 18 heavy (non-hydrogen) atoms. The Morgan fingerprint density at radius 1 is 1.50 bits per heavy atom. The number of carbonyl (C=O) groups excluding carboxylic acids is 1. The predicted molar refractivity (Wildman–Crippen MR) is 66.4 cm³/mol. The van der Waals surface area contributed by atoms with E-state index in [4.69, 9.17) is 4.52 Å². The summed E-state index contributed by atoms with van der Waals surface area (Å²) in [4.78, 5) is 15.3. The quantitative estimate of drug-likeness (QED) is 0.870. The van der Waals surface area contributed by atoms with Crippen LogP contribution in [-0.2, 0) is 11.2 Å². The highest BCUT2D eigenvalue weighted by Crippen LogP contribution is 2.23. The first-order chi connectivity index (χ1) is 8.60. The lowest BCUT2D eigenvalue weighted by atomic mass is 10.2. The number of rotatable bonds is 4. The van der Waals surface area contributed by atoms with E-state index in [1.165, 1.54) is 6.07 Å². The SMILES string of the molecule is CCC(=O)Cc1nc(-c2ccc(F)c(Br)c2)no1. The van der Waals surface area contributed by atoms with Crippen LogP contribution in [0.4, 0.5) is 4.39 Å². The van der Waals surface area contributed by atoms with Crippen LogP contribution in [0, 0.1) is 5.82 Å². The molecule has 0 unspecified atom stereocenters. The third-order valence-electron chi connectivity index (χ3n) is 2.39. The molecule has 0 aliphatic heterocycles. The molecule has 94 valence electrons. The van der Waals surface area contributed by atoms with Gasteiger partial charge in [0.1, 0.15) is 11.6 Å². The molecule has 2 aromatic rings. The molecule has 0 N–H and O–H groups in total. The number of hydrogen-bond acceptors (Lipinski definition) is 4. The Morgan fingerprint density at radius 2 is 2.28 bits per heavy atom. The van der Waals surface area contributed by atoms with Crippen molar-refractivity contribution in [2.24, 2.45) is 0 Å². The predicted octanol–water partition coefficient (Wildman–Crippen LogP) is 3.16. The number of ketones is 1. The Hall–Kier alpha value is -1.56. The Balaban J connectivity index is 2.23. The van der Waals surface area contributed by atoms with Crippen molar-refractivity contribution in [3.8, 4) is 11.4 Å². The van der Waals surface area contributed by atoms with Crippen molar-refractivity contribution in [2.75, 3.05) is 0 Å². The highest BCUT2D eigenvalue weighted by molar-refractivity contribution is 9.10. The molecule has 6 heteroatoms. The number of Topliss-reactive ketones (excluding diaryl/α,β-unsaturated/α-hetero) is 1. The van der Waals surface area contributed by atoms with Gasteiger partial charge in [-0.25, -0.2) is 4.39 Å². The van der Waals surface area contributed by atoms with Crippen molar-refractivity contribution in [3.63, 3.8) is 0 Å². The Labute approximate surface area is 111 Å². The zero-order chi connectivity index (χ0) is 13.1. The lowest BCUT2D eigenvalue weighted by Gasteiger charge is -1.96. The summed E-state index contributed by atoms with van der Waals surface area (Å²) in [6, 6.07) is 4.43. The maximum atomic E-state index is 13.1. The van der Waals surface area contributed by atoms with Crippen molar-refractivity contribution in [3.05, 3.63) is 34.4 Å².